The zero-order valence-electron chi connectivity index (χ0n) is 62.4. The number of hydrogen-bond donors (Lipinski definition) is 6. The number of anilines is 6. The highest BCUT2D eigenvalue weighted by atomic mass is 16.5. The summed E-state index contributed by atoms with van der Waals surface area (Å²) in [4.78, 5) is 113. The third kappa shape index (κ3) is 17.9. The number of methoxy groups -OCH3 is 2. The third-order valence-corrected chi connectivity index (χ3v) is 20.1. The van der Waals surface area contributed by atoms with E-state index in [1.54, 1.807) is 94.3 Å². The number of aryl methyl sites for hydroxylation is 5. The fourth-order valence-electron chi connectivity index (χ4n) is 14.3. The molecule has 2 fully saturated rings. The van der Waals surface area contributed by atoms with E-state index in [2.05, 4.69) is 36.9 Å². The zero-order valence-corrected chi connectivity index (χ0v) is 62.4. The average Bonchev–Trinajstić information content (AvgIpc) is 1.60. The van der Waals surface area contributed by atoms with Gasteiger partial charge in [0.15, 0.2) is 23.0 Å². The van der Waals surface area contributed by atoms with Crippen molar-refractivity contribution in [2.24, 2.45) is 33.2 Å². The summed E-state index contributed by atoms with van der Waals surface area (Å²) in [5, 5.41) is 17.4. The quantitative estimate of drug-likeness (QED) is 0.0308. The molecule has 14 rings (SSSR count). The minimum Gasteiger partial charge on any atom is -0.493 e. The number of rotatable bonds is 24. The summed E-state index contributed by atoms with van der Waals surface area (Å²) in [6.45, 7) is 2.04. The van der Waals surface area contributed by atoms with E-state index in [-0.39, 0.29) is 78.8 Å². The summed E-state index contributed by atoms with van der Waals surface area (Å²) in [5.41, 5.74) is 11.6. The molecule has 6 N–H and O–H groups in total. The number of para-hydroxylation sites is 2. The number of benzene rings is 6. The van der Waals surface area contributed by atoms with Gasteiger partial charge < -0.3 is 78.9 Å². The van der Waals surface area contributed by atoms with Crippen molar-refractivity contribution in [3.05, 3.63) is 222 Å². The molecule has 110 heavy (non-hydrogen) atoms. The molecule has 566 valence electrons. The first kappa shape index (κ1) is 75.3. The third-order valence-electron chi connectivity index (χ3n) is 20.1. The molecule has 0 saturated carbocycles. The summed E-state index contributed by atoms with van der Waals surface area (Å²) in [5.74, 6) is 0.491. The number of nitrogens with one attached hydrogen (secondary N) is 6. The molecule has 4 aliphatic heterocycles. The van der Waals surface area contributed by atoms with Crippen LogP contribution in [0.1, 0.15) is 139 Å². The van der Waals surface area contributed by atoms with Crippen molar-refractivity contribution < 1.29 is 57.3 Å². The van der Waals surface area contributed by atoms with Gasteiger partial charge in [0.1, 0.15) is 22.8 Å². The number of aromatic nitrogens is 4. The second-order valence-corrected chi connectivity index (χ2v) is 27.8. The fourth-order valence-corrected chi connectivity index (χ4v) is 14.3. The van der Waals surface area contributed by atoms with Gasteiger partial charge in [-0.15, -0.1) is 0 Å². The van der Waals surface area contributed by atoms with Crippen molar-refractivity contribution in [2.75, 3.05) is 72.4 Å². The molecule has 0 spiro atoms. The molecule has 2 saturated heterocycles. The van der Waals surface area contributed by atoms with Gasteiger partial charge in [0.2, 0.25) is 11.8 Å². The van der Waals surface area contributed by atoms with E-state index in [0.717, 1.165) is 97.1 Å². The number of nitrogens with zero attached hydrogens (tertiary/aromatic N) is 7. The maximum atomic E-state index is 13.3. The summed E-state index contributed by atoms with van der Waals surface area (Å²) < 4.78 is 30.1. The fraction of sp³-hybridized carbons (Fsp3) is 0.282. The lowest BCUT2D eigenvalue weighted by Crippen LogP contribution is -2.43. The highest BCUT2D eigenvalue weighted by Crippen LogP contribution is 2.40. The number of hydrogen-bond acceptors (Lipinski definition) is 13. The smallest absolute Gasteiger partial charge is 0.272 e. The SMILES string of the molecule is COc1cc2c(cc1OCCCC(=O)Nc1cc(C(=O)Nc3ccc(-c4cc(C(=O)Nc5ccccc5)n(C)c4)cc3)n(C)c1)CC[C@@H]1CCCCN1C2=O.COc1cc2c(cc1OCCCC(=O)Nc1cc(C(=O)Nc3ccc(-c4cc(C(=O)Nc5ccccc5)n(C)c4)cc3)n(C)c1)N=C[C@@H]1CCCCN1C2=O. The molecule has 0 unspecified atom stereocenters. The molecule has 8 heterocycles. The van der Waals surface area contributed by atoms with Gasteiger partial charge in [0, 0.05) is 137 Å². The van der Waals surface area contributed by atoms with Gasteiger partial charge in [-0.1, -0.05) is 60.7 Å². The second kappa shape index (κ2) is 34.3. The average molecular weight is 1480 g/mol. The Morgan fingerprint density at radius 3 is 1.34 bits per heavy atom. The topological polar surface area (TPSA) is 284 Å². The maximum absolute atomic E-state index is 13.3. The van der Waals surface area contributed by atoms with Crippen LogP contribution >= 0.6 is 0 Å². The number of carbonyl (C=O) groups excluding carboxylic acids is 8. The Morgan fingerprint density at radius 2 is 0.845 bits per heavy atom. The van der Waals surface area contributed by atoms with E-state index in [0.29, 0.717) is 111 Å². The van der Waals surface area contributed by atoms with Crippen molar-refractivity contribution in [3.63, 3.8) is 0 Å². The predicted molar refractivity (Wildman–Crippen MR) is 424 cm³/mol. The van der Waals surface area contributed by atoms with E-state index in [1.807, 2.05) is 158 Å². The molecule has 25 nitrogen and oxygen atoms in total. The Labute approximate surface area is 637 Å². The van der Waals surface area contributed by atoms with Gasteiger partial charge in [0.25, 0.3) is 35.4 Å². The van der Waals surface area contributed by atoms with E-state index in [9.17, 15) is 38.4 Å². The summed E-state index contributed by atoms with van der Waals surface area (Å²) in [6.07, 6.45) is 18.2. The minimum absolute atomic E-state index is 0.00514. The molecule has 4 aliphatic rings. The van der Waals surface area contributed by atoms with Crippen molar-refractivity contribution in [1.29, 1.82) is 0 Å². The van der Waals surface area contributed by atoms with Crippen LogP contribution in [-0.2, 0) is 44.2 Å². The van der Waals surface area contributed by atoms with Crippen molar-refractivity contribution in [1.82, 2.24) is 28.1 Å². The van der Waals surface area contributed by atoms with E-state index < -0.39 is 0 Å². The summed E-state index contributed by atoms with van der Waals surface area (Å²) >= 11 is 0. The lowest BCUT2D eigenvalue weighted by molar-refractivity contribution is -0.117. The van der Waals surface area contributed by atoms with Crippen LogP contribution in [0.2, 0.25) is 0 Å². The monoisotopic (exact) mass is 1480 g/mol. The van der Waals surface area contributed by atoms with Gasteiger partial charge in [-0.05, 0) is 172 Å². The Bertz CT molecular complexity index is 5090. The van der Waals surface area contributed by atoms with Crippen molar-refractivity contribution in [2.45, 2.75) is 89.1 Å². The lowest BCUT2D eigenvalue weighted by Gasteiger charge is -2.34. The highest BCUT2D eigenvalue weighted by molar-refractivity contribution is 6.08. The van der Waals surface area contributed by atoms with Crippen LogP contribution in [0.5, 0.6) is 23.0 Å². The standard InChI is InChI=1S/C43H46N6O6.C42H43N7O6/c1-47-26-30(22-36(47)41(51)45-31-10-5-4-6-11-31)28-14-17-32(18-15-28)46-42(52)37-24-33(27-48(37)2)44-40(50)13-9-21-55-39-23-29-16-19-34-12-7-8-20-49(34)43(53)35(29)25-38(39)54-3;1-47-25-28(20-35(47)40(51)45-29-10-5-4-6-11-29)27-14-16-30(17-15-27)46-41(52)36-21-31(26-48(36)2)44-39(50)13-9-19-55-38-23-34-33(22-37(38)54-3)42(53)49-18-8-7-12-32(49)24-43-34/h4-6,10-11,14-15,17-18,22-27,34H,7-9,12-13,16,19-21H2,1-3H3,(H,44,50)(H,45,51)(H,46,52);4-6,10-11,14-17,20-26,32H,7-9,12-13,18-19H2,1-3H3,(H,44,50)(H,45,51)(H,46,52)/t34-;32-/m00/s1. The van der Waals surface area contributed by atoms with Gasteiger partial charge in [-0.3, -0.25) is 43.3 Å². The van der Waals surface area contributed by atoms with E-state index in [1.165, 1.54) is 7.11 Å². The van der Waals surface area contributed by atoms with Crippen LogP contribution < -0.4 is 50.8 Å². The van der Waals surface area contributed by atoms with Gasteiger partial charge in [-0.25, -0.2) is 0 Å². The Balaban J connectivity index is 0.000000193. The zero-order chi connectivity index (χ0) is 77.0. The molecule has 8 amide bonds. The second-order valence-electron chi connectivity index (χ2n) is 27.8. The van der Waals surface area contributed by atoms with Crippen molar-refractivity contribution >= 4 is 93.3 Å². The number of fused-ring (bicyclic) bond motifs is 4. The number of carbonyl (C=O) groups is 8. The molecule has 25 heteroatoms. The van der Waals surface area contributed by atoms with E-state index in [4.69, 9.17) is 18.9 Å². The number of piperidine rings is 2. The predicted octanol–water partition coefficient (Wildman–Crippen LogP) is 14.3. The van der Waals surface area contributed by atoms with Crippen LogP contribution in [0.25, 0.3) is 22.3 Å². The molecule has 0 radical (unpaired) electrons. The molecule has 0 bridgehead atoms. The van der Waals surface area contributed by atoms with Crippen LogP contribution in [0.4, 0.5) is 39.8 Å². The number of amides is 8. The Morgan fingerprint density at radius 1 is 0.418 bits per heavy atom. The largest absolute Gasteiger partial charge is 0.493 e. The first-order valence-electron chi connectivity index (χ1n) is 37.0. The number of ether oxygens (including phenoxy) is 4. The summed E-state index contributed by atoms with van der Waals surface area (Å²) in [7, 11) is 10.2. The normalized spacial score (nSPS) is 14.9. The summed E-state index contributed by atoms with van der Waals surface area (Å²) in [6, 6.07) is 47.7. The molecule has 0 aliphatic carbocycles. The first-order valence-corrected chi connectivity index (χ1v) is 37.0. The maximum Gasteiger partial charge on any atom is 0.272 e. The van der Waals surface area contributed by atoms with Gasteiger partial charge in [0.05, 0.1) is 56.1 Å². The van der Waals surface area contributed by atoms with Crippen LogP contribution in [-0.4, -0.2) is 134 Å². The molecular formula is C85H89N13O12. The van der Waals surface area contributed by atoms with Gasteiger partial charge >= 0.3 is 0 Å². The van der Waals surface area contributed by atoms with E-state index >= 15 is 0 Å². The lowest BCUT2D eigenvalue weighted by atomic mass is 9.98. The minimum atomic E-state index is -0.333. The Hall–Kier alpha value is -12.9. The van der Waals surface area contributed by atoms with Crippen molar-refractivity contribution in [3.8, 4) is 45.3 Å². The van der Waals surface area contributed by atoms with Crippen LogP contribution in [0.3, 0.4) is 0 Å². The molecule has 10 aromatic rings. The molecule has 4 aromatic heterocycles. The van der Waals surface area contributed by atoms with Crippen LogP contribution in [0.15, 0.2) is 188 Å². The molecule has 2 atom stereocenters. The molecule has 6 aromatic carbocycles. The van der Waals surface area contributed by atoms with Gasteiger partial charge in [-0.2, -0.15) is 0 Å². The Kier molecular flexibility index (Phi) is 23.5. The molecular weight excluding hydrogens is 1400 g/mol. The number of aliphatic imine (C=N–C) groups is 1. The highest BCUT2D eigenvalue weighted by Gasteiger charge is 2.34. The first-order chi connectivity index (χ1) is 53.3. The van der Waals surface area contributed by atoms with Crippen LogP contribution in [0, 0.1) is 0 Å².